The summed E-state index contributed by atoms with van der Waals surface area (Å²) in [5, 5.41) is 18.8. The van der Waals surface area contributed by atoms with Gasteiger partial charge in [0.1, 0.15) is 11.8 Å². The monoisotopic (exact) mass is 444 g/mol. The van der Waals surface area contributed by atoms with Crippen molar-refractivity contribution in [3.05, 3.63) is 46.5 Å². The van der Waals surface area contributed by atoms with Gasteiger partial charge >= 0.3 is 0 Å². The van der Waals surface area contributed by atoms with Gasteiger partial charge in [-0.05, 0) is 30.7 Å². The number of anilines is 1. The molecule has 31 heavy (non-hydrogen) atoms. The molecule has 1 aromatic heterocycles. The molecular formula is C21H25ClN6O3. The number of hydrogen-bond acceptors (Lipinski definition) is 8. The quantitative estimate of drug-likeness (QED) is 0.495. The van der Waals surface area contributed by atoms with E-state index >= 15 is 0 Å². The third-order valence-corrected chi connectivity index (χ3v) is 5.10. The van der Waals surface area contributed by atoms with E-state index in [1.165, 1.54) is 12.4 Å². The number of carbonyl (C=O) groups is 1. The molecule has 1 aromatic carbocycles. The first-order chi connectivity index (χ1) is 15.1. The maximum atomic E-state index is 12.4. The number of halogens is 1. The average molecular weight is 445 g/mol. The second-order valence-electron chi connectivity index (χ2n) is 7.02. The first kappa shape index (κ1) is 22.9. The van der Waals surface area contributed by atoms with Crippen LogP contribution in [0.5, 0.6) is 5.75 Å². The molecule has 0 radical (unpaired) electrons. The minimum atomic E-state index is -0.288. The van der Waals surface area contributed by atoms with Crippen molar-refractivity contribution in [2.45, 2.75) is 18.9 Å². The summed E-state index contributed by atoms with van der Waals surface area (Å²) in [5.41, 5.74) is 2.06. The van der Waals surface area contributed by atoms with Crippen LogP contribution in [-0.2, 0) is 22.4 Å². The molecule has 3 rings (SSSR count). The average Bonchev–Trinajstić information content (AvgIpc) is 2.79. The van der Waals surface area contributed by atoms with Gasteiger partial charge in [0.2, 0.25) is 5.91 Å². The lowest BCUT2D eigenvalue weighted by atomic mass is 10.1. The highest BCUT2D eigenvalue weighted by atomic mass is 35.5. The number of nitrogens with one attached hydrogen (secondary N) is 3. The number of morpholine rings is 1. The summed E-state index contributed by atoms with van der Waals surface area (Å²) in [5.74, 6) is 0.238. The second-order valence-corrected chi connectivity index (χ2v) is 7.43. The molecule has 1 saturated heterocycles. The molecule has 1 unspecified atom stereocenters. The summed E-state index contributed by atoms with van der Waals surface area (Å²) in [7, 11) is 1.54. The van der Waals surface area contributed by atoms with E-state index in [2.05, 4.69) is 25.9 Å². The van der Waals surface area contributed by atoms with Gasteiger partial charge in [0, 0.05) is 24.7 Å². The fraction of sp³-hybridized carbons (Fsp3) is 0.429. The van der Waals surface area contributed by atoms with Crippen LogP contribution < -0.4 is 20.7 Å². The van der Waals surface area contributed by atoms with Crippen LogP contribution in [0.3, 0.4) is 0 Å². The van der Waals surface area contributed by atoms with Crippen molar-refractivity contribution in [3.8, 4) is 11.8 Å². The number of nitrogens with zero attached hydrogens (tertiary/aromatic N) is 3. The van der Waals surface area contributed by atoms with Gasteiger partial charge in [-0.2, -0.15) is 5.26 Å². The molecular weight excluding hydrogens is 420 g/mol. The molecule has 0 spiro atoms. The van der Waals surface area contributed by atoms with Gasteiger partial charge in [-0.25, -0.2) is 4.98 Å². The van der Waals surface area contributed by atoms with Crippen molar-refractivity contribution in [2.24, 2.45) is 0 Å². The lowest BCUT2D eigenvalue weighted by Gasteiger charge is -2.23. The van der Waals surface area contributed by atoms with Crippen LogP contribution in [0.4, 0.5) is 5.69 Å². The number of methoxy groups -OCH3 is 1. The lowest BCUT2D eigenvalue weighted by molar-refractivity contribution is -0.115. The van der Waals surface area contributed by atoms with Crippen molar-refractivity contribution in [3.63, 3.8) is 0 Å². The van der Waals surface area contributed by atoms with Gasteiger partial charge in [-0.3, -0.25) is 9.78 Å². The first-order valence-corrected chi connectivity index (χ1v) is 10.4. The summed E-state index contributed by atoms with van der Waals surface area (Å²) in [6, 6.07) is 5.41. The van der Waals surface area contributed by atoms with Crippen molar-refractivity contribution < 1.29 is 14.3 Å². The Bertz CT molecular complexity index is 926. The Morgan fingerprint density at radius 1 is 1.42 bits per heavy atom. The number of carbonyl (C=O) groups excluding carboxylic acids is 1. The maximum absolute atomic E-state index is 12.4. The largest absolute Gasteiger partial charge is 0.495 e. The molecule has 0 bridgehead atoms. The number of hydrogen-bond donors (Lipinski definition) is 3. The Morgan fingerprint density at radius 2 is 2.29 bits per heavy atom. The van der Waals surface area contributed by atoms with Gasteiger partial charge in [0.25, 0.3) is 0 Å². The van der Waals surface area contributed by atoms with Crippen LogP contribution in [0.1, 0.15) is 17.0 Å². The van der Waals surface area contributed by atoms with Crippen LogP contribution in [0, 0.1) is 11.3 Å². The Balaban J connectivity index is 1.55. The van der Waals surface area contributed by atoms with E-state index in [1.807, 2.05) is 12.1 Å². The molecule has 1 fully saturated rings. The normalized spacial score (nSPS) is 15.8. The van der Waals surface area contributed by atoms with Gasteiger partial charge in [-0.15, -0.1) is 0 Å². The molecule has 2 aromatic rings. The summed E-state index contributed by atoms with van der Waals surface area (Å²) < 4.78 is 11.1. The van der Waals surface area contributed by atoms with Crippen molar-refractivity contribution in [1.82, 2.24) is 20.6 Å². The molecule has 10 heteroatoms. The highest BCUT2D eigenvalue weighted by Gasteiger charge is 2.15. The predicted molar refractivity (Wildman–Crippen MR) is 116 cm³/mol. The summed E-state index contributed by atoms with van der Waals surface area (Å²) in [6.07, 6.45) is 3.65. The van der Waals surface area contributed by atoms with Crippen LogP contribution in [0.2, 0.25) is 5.02 Å². The molecule has 0 aliphatic carbocycles. The second kappa shape index (κ2) is 11.6. The Labute approximate surface area is 186 Å². The molecule has 0 saturated carbocycles. The molecule has 1 amide bonds. The third kappa shape index (κ3) is 6.87. The summed E-state index contributed by atoms with van der Waals surface area (Å²) >= 11 is 6.44. The first-order valence-electron chi connectivity index (χ1n) is 9.99. The third-order valence-electron chi connectivity index (χ3n) is 4.75. The summed E-state index contributed by atoms with van der Waals surface area (Å²) in [4.78, 5) is 20.4. The Kier molecular flexibility index (Phi) is 8.55. The number of benzene rings is 1. The van der Waals surface area contributed by atoms with Crippen LogP contribution in [0.25, 0.3) is 0 Å². The minimum absolute atomic E-state index is 0.0171. The molecule has 1 aliphatic rings. The van der Waals surface area contributed by atoms with Crippen molar-refractivity contribution in [1.29, 1.82) is 5.26 Å². The molecule has 9 nitrogen and oxygen atoms in total. The standard InChI is InChI=1S/C21H25ClN6O3/c1-30-20-6-14(2-3-24-12-17-13-25-4-5-31-17)18(22)8-19(20)28-21(29)7-15-10-27-16(9-23)11-26-15/h6,8,10-11,17,24-25H,2-5,7,12-13H2,1H3,(H,28,29). The minimum Gasteiger partial charge on any atom is -0.495 e. The number of rotatable bonds is 9. The van der Waals surface area contributed by atoms with Crippen molar-refractivity contribution in [2.75, 3.05) is 45.2 Å². The van der Waals surface area contributed by atoms with E-state index in [-0.39, 0.29) is 24.1 Å². The highest BCUT2D eigenvalue weighted by molar-refractivity contribution is 6.31. The summed E-state index contributed by atoms with van der Waals surface area (Å²) in [6.45, 7) is 4.00. The lowest BCUT2D eigenvalue weighted by Crippen LogP contribution is -2.44. The highest BCUT2D eigenvalue weighted by Crippen LogP contribution is 2.31. The van der Waals surface area contributed by atoms with Gasteiger partial charge in [0.15, 0.2) is 5.69 Å². The van der Waals surface area contributed by atoms with E-state index in [1.54, 1.807) is 13.2 Å². The fourth-order valence-electron chi connectivity index (χ4n) is 3.15. The number of nitriles is 1. The zero-order valence-corrected chi connectivity index (χ0v) is 18.0. The number of ether oxygens (including phenoxy) is 2. The molecule has 164 valence electrons. The van der Waals surface area contributed by atoms with Gasteiger partial charge in [-0.1, -0.05) is 11.6 Å². The molecule has 2 heterocycles. The van der Waals surface area contributed by atoms with Crippen LogP contribution in [-0.4, -0.2) is 61.9 Å². The Hall–Kier alpha value is -2.77. The van der Waals surface area contributed by atoms with Gasteiger partial charge < -0.3 is 25.4 Å². The molecule has 1 atom stereocenters. The van der Waals surface area contributed by atoms with E-state index in [9.17, 15) is 4.79 Å². The van der Waals surface area contributed by atoms with E-state index in [4.69, 9.17) is 26.3 Å². The maximum Gasteiger partial charge on any atom is 0.230 e. The van der Waals surface area contributed by atoms with E-state index < -0.39 is 0 Å². The van der Waals surface area contributed by atoms with E-state index in [0.717, 1.165) is 38.3 Å². The fourth-order valence-corrected chi connectivity index (χ4v) is 3.41. The number of aromatic nitrogens is 2. The van der Waals surface area contributed by atoms with Crippen molar-refractivity contribution >= 4 is 23.2 Å². The SMILES string of the molecule is COc1cc(CCNCC2CNCCO2)c(Cl)cc1NC(=O)Cc1cnc(C#N)cn1. The zero-order valence-electron chi connectivity index (χ0n) is 17.3. The van der Waals surface area contributed by atoms with Crippen LogP contribution >= 0.6 is 11.6 Å². The van der Waals surface area contributed by atoms with Gasteiger partial charge in [0.05, 0.1) is 50.0 Å². The molecule has 1 aliphatic heterocycles. The van der Waals surface area contributed by atoms with Crippen LogP contribution in [0.15, 0.2) is 24.5 Å². The zero-order chi connectivity index (χ0) is 22.1. The number of amides is 1. The predicted octanol–water partition coefficient (Wildman–Crippen LogP) is 1.31. The topological polar surface area (TPSA) is 121 Å². The Morgan fingerprint density at radius 3 is 2.97 bits per heavy atom. The smallest absolute Gasteiger partial charge is 0.230 e. The van der Waals surface area contributed by atoms with E-state index in [0.29, 0.717) is 28.6 Å². The molecule has 3 N–H and O–H groups in total.